The van der Waals surface area contributed by atoms with Gasteiger partial charge in [-0.2, -0.15) is 14.8 Å². The Balaban J connectivity index is 2.41. The van der Waals surface area contributed by atoms with Crippen molar-refractivity contribution < 1.29 is 9.52 Å². The molecule has 5 heteroatoms. The highest BCUT2D eigenvalue weighted by molar-refractivity contribution is 5.19. The molecule has 0 aliphatic rings. The molecule has 0 unspecified atom stereocenters. The molecule has 2 aromatic rings. The van der Waals surface area contributed by atoms with Crippen LogP contribution in [0.5, 0.6) is 0 Å². The highest BCUT2D eigenvalue weighted by atomic mass is 16.4. The van der Waals surface area contributed by atoms with E-state index in [1.54, 1.807) is 4.68 Å². The molecule has 2 rings (SSSR count). The van der Waals surface area contributed by atoms with Gasteiger partial charge in [0.1, 0.15) is 12.0 Å². The van der Waals surface area contributed by atoms with Gasteiger partial charge in [-0.15, -0.1) is 0 Å². The van der Waals surface area contributed by atoms with E-state index in [0.29, 0.717) is 11.7 Å². The lowest BCUT2D eigenvalue weighted by Crippen LogP contribution is -2.02. The lowest BCUT2D eigenvalue weighted by atomic mass is 10.3. The third kappa shape index (κ3) is 1.86. The number of aromatic nitrogens is 3. The molecule has 0 bridgehead atoms. The van der Waals surface area contributed by atoms with Crippen LogP contribution in [0.25, 0.3) is 6.01 Å². The summed E-state index contributed by atoms with van der Waals surface area (Å²) in [5.41, 5.74) is 2.59. The minimum atomic E-state index is -0.118. The first kappa shape index (κ1) is 10.9. The van der Waals surface area contributed by atoms with Gasteiger partial charge in [-0.1, -0.05) is 13.8 Å². The van der Waals surface area contributed by atoms with Crippen molar-refractivity contribution in [2.45, 2.75) is 33.3 Å². The molecule has 2 aromatic heterocycles. The van der Waals surface area contributed by atoms with Crippen LogP contribution in [0.3, 0.4) is 0 Å². The van der Waals surface area contributed by atoms with Crippen LogP contribution >= 0.6 is 0 Å². The van der Waals surface area contributed by atoms with E-state index in [4.69, 9.17) is 9.52 Å². The first-order valence-corrected chi connectivity index (χ1v) is 5.41. The van der Waals surface area contributed by atoms with Crippen molar-refractivity contribution in [3.63, 3.8) is 0 Å². The molecule has 86 valence electrons. The van der Waals surface area contributed by atoms with Crippen LogP contribution in [0.15, 0.2) is 16.7 Å². The standard InChI is InChI=1S/C11H15N3O2/c1-3-8-5-10(4-2)14(13-8)11-12-9(6-15)7-16-11/h5,7,15H,3-4,6H2,1-2H3. The molecule has 0 radical (unpaired) electrons. The molecule has 0 saturated heterocycles. The fourth-order valence-electron chi connectivity index (χ4n) is 1.53. The zero-order valence-electron chi connectivity index (χ0n) is 9.47. The topological polar surface area (TPSA) is 64.1 Å². The van der Waals surface area contributed by atoms with Crippen LogP contribution in [0.4, 0.5) is 0 Å². The maximum absolute atomic E-state index is 8.92. The summed E-state index contributed by atoms with van der Waals surface area (Å²) in [5.74, 6) is 0. The van der Waals surface area contributed by atoms with Crippen molar-refractivity contribution in [3.05, 3.63) is 29.4 Å². The van der Waals surface area contributed by atoms with Crippen LogP contribution < -0.4 is 0 Å². The quantitative estimate of drug-likeness (QED) is 0.849. The Morgan fingerprint density at radius 2 is 2.12 bits per heavy atom. The molecule has 0 fully saturated rings. The van der Waals surface area contributed by atoms with E-state index in [1.165, 1.54) is 6.26 Å². The molecule has 0 atom stereocenters. The van der Waals surface area contributed by atoms with Gasteiger partial charge < -0.3 is 9.52 Å². The molecular weight excluding hydrogens is 206 g/mol. The monoisotopic (exact) mass is 221 g/mol. The second-order valence-corrected chi connectivity index (χ2v) is 3.53. The van der Waals surface area contributed by atoms with Gasteiger partial charge in [0.25, 0.3) is 0 Å². The minimum absolute atomic E-state index is 0.118. The second-order valence-electron chi connectivity index (χ2n) is 3.53. The van der Waals surface area contributed by atoms with E-state index in [2.05, 4.69) is 23.9 Å². The normalized spacial score (nSPS) is 10.9. The highest BCUT2D eigenvalue weighted by Gasteiger charge is 2.12. The highest BCUT2D eigenvalue weighted by Crippen LogP contribution is 2.13. The van der Waals surface area contributed by atoms with Gasteiger partial charge in [-0.3, -0.25) is 0 Å². The number of aryl methyl sites for hydroxylation is 2. The molecule has 0 spiro atoms. The summed E-state index contributed by atoms with van der Waals surface area (Å²) >= 11 is 0. The number of oxazole rings is 1. The van der Waals surface area contributed by atoms with E-state index in [-0.39, 0.29) is 6.61 Å². The smallest absolute Gasteiger partial charge is 0.323 e. The SMILES string of the molecule is CCc1cc(CC)n(-c2nc(CO)co2)n1. The van der Waals surface area contributed by atoms with E-state index in [1.807, 2.05) is 6.07 Å². The van der Waals surface area contributed by atoms with Gasteiger partial charge in [0.15, 0.2) is 0 Å². The number of hydrogen-bond acceptors (Lipinski definition) is 4. The van der Waals surface area contributed by atoms with Gasteiger partial charge in [0, 0.05) is 5.69 Å². The van der Waals surface area contributed by atoms with E-state index in [9.17, 15) is 0 Å². The summed E-state index contributed by atoms with van der Waals surface area (Å²) in [6.07, 6.45) is 3.19. The second kappa shape index (κ2) is 4.49. The lowest BCUT2D eigenvalue weighted by Gasteiger charge is -1.98. The molecule has 2 heterocycles. The molecule has 0 aliphatic heterocycles. The molecule has 1 N–H and O–H groups in total. The predicted octanol–water partition coefficient (Wildman–Crippen LogP) is 1.48. The van der Waals surface area contributed by atoms with Crippen molar-refractivity contribution in [1.82, 2.24) is 14.8 Å². The zero-order chi connectivity index (χ0) is 11.5. The Morgan fingerprint density at radius 3 is 2.69 bits per heavy atom. The molecular formula is C11H15N3O2. The summed E-state index contributed by atoms with van der Waals surface area (Å²) in [6, 6.07) is 2.46. The summed E-state index contributed by atoms with van der Waals surface area (Å²) in [6.45, 7) is 4.00. The van der Waals surface area contributed by atoms with E-state index >= 15 is 0 Å². The lowest BCUT2D eigenvalue weighted by molar-refractivity contribution is 0.276. The fraction of sp³-hybridized carbons (Fsp3) is 0.455. The average molecular weight is 221 g/mol. The Hall–Kier alpha value is -1.62. The van der Waals surface area contributed by atoms with Gasteiger partial charge in [0.05, 0.1) is 12.3 Å². The van der Waals surface area contributed by atoms with Gasteiger partial charge >= 0.3 is 6.01 Å². The number of nitrogens with zero attached hydrogens (tertiary/aromatic N) is 3. The number of hydrogen-bond donors (Lipinski definition) is 1. The molecule has 5 nitrogen and oxygen atoms in total. The number of rotatable bonds is 4. The van der Waals surface area contributed by atoms with Crippen LogP contribution in [0.2, 0.25) is 0 Å². The summed E-state index contributed by atoms with van der Waals surface area (Å²) in [4.78, 5) is 4.14. The average Bonchev–Trinajstić information content (AvgIpc) is 2.94. The van der Waals surface area contributed by atoms with E-state index < -0.39 is 0 Å². The Labute approximate surface area is 93.7 Å². The molecule has 0 aromatic carbocycles. The number of aliphatic hydroxyl groups is 1. The van der Waals surface area contributed by atoms with Crippen molar-refractivity contribution in [1.29, 1.82) is 0 Å². The van der Waals surface area contributed by atoms with Crippen molar-refractivity contribution in [3.8, 4) is 6.01 Å². The van der Waals surface area contributed by atoms with Gasteiger partial charge in [0.2, 0.25) is 0 Å². The van der Waals surface area contributed by atoms with Crippen molar-refractivity contribution in [2.24, 2.45) is 0 Å². The summed E-state index contributed by atoms with van der Waals surface area (Å²) in [7, 11) is 0. The summed E-state index contributed by atoms with van der Waals surface area (Å²) < 4.78 is 6.96. The number of aliphatic hydroxyl groups excluding tert-OH is 1. The fourth-order valence-corrected chi connectivity index (χ4v) is 1.53. The first-order valence-electron chi connectivity index (χ1n) is 5.41. The Bertz CT molecular complexity index is 473. The molecule has 0 amide bonds. The van der Waals surface area contributed by atoms with Crippen LogP contribution in [-0.2, 0) is 19.4 Å². The third-order valence-electron chi connectivity index (χ3n) is 2.44. The third-order valence-corrected chi connectivity index (χ3v) is 2.44. The Morgan fingerprint density at radius 1 is 1.31 bits per heavy atom. The molecule has 0 saturated carbocycles. The maximum atomic E-state index is 8.92. The van der Waals surface area contributed by atoms with Crippen molar-refractivity contribution in [2.75, 3.05) is 0 Å². The van der Waals surface area contributed by atoms with E-state index in [0.717, 1.165) is 24.2 Å². The largest absolute Gasteiger partial charge is 0.430 e. The van der Waals surface area contributed by atoms with Gasteiger partial charge in [-0.05, 0) is 18.9 Å². The van der Waals surface area contributed by atoms with Crippen LogP contribution in [0, 0.1) is 0 Å². The summed E-state index contributed by atoms with van der Waals surface area (Å²) in [5, 5.41) is 13.3. The van der Waals surface area contributed by atoms with Crippen LogP contribution in [-0.4, -0.2) is 19.9 Å². The van der Waals surface area contributed by atoms with Crippen molar-refractivity contribution >= 4 is 0 Å². The molecule has 16 heavy (non-hydrogen) atoms. The van der Waals surface area contributed by atoms with Gasteiger partial charge in [-0.25, -0.2) is 0 Å². The Kier molecular flexibility index (Phi) is 3.05. The molecule has 0 aliphatic carbocycles. The minimum Gasteiger partial charge on any atom is -0.430 e. The van der Waals surface area contributed by atoms with Crippen LogP contribution in [0.1, 0.15) is 30.9 Å². The predicted molar refractivity (Wildman–Crippen MR) is 58.3 cm³/mol. The zero-order valence-corrected chi connectivity index (χ0v) is 9.47. The first-order chi connectivity index (χ1) is 7.78. The maximum Gasteiger partial charge on any atom is 0.323 e.